The molecular formula is C24H35ClN2O4. The lowest BCUT2D eigenvalue weighted by molar-refractivity contribution is -0.140. The minimum absolute atomic E-state index is 0.0513. The Morgan fingerprint density at radius 2 is 1.87 bits per heavy atom. The van der Waals surface area contributed by atoms with Gasteiger partial charge in [-0.3, -0.25) is 9.59 Å². The normalized spacial score (nSPS) is 21.8. The predicted molar refractivity (Wildman–Crippen MR) is 122 cm³/mol. The van der Waals surface area contributed by atoms with E-state index in [1.165, 1.54) is 0 Å². The molecule has 2 amide bonds. The Balaban J connectivity index is 1.89. The van der Waals surface area contributed by atoms with E-state index < -0.39 is 6.04 Å². The van der Waals surface area contributed by atoms with Gasteiger partial charge in [0.2, 0.25) is 11.8 Å². The van der Waals surface area contributed by atoms with Crippen molar-refractivity contribution in [2.45, 2.75) is 76.9 Å². The van der Waals surface area contributed by atoms with Gasteiger partial charge in [-0.05, 0) is 68.6 Å². The van der Waals surface area contributed by atoms with E-state index in [1.54, 1.807) is 12.0 Å². The van der Waals surface area contributed by atoms with E-state index in [9.17, 15) is 9.59 Å². The molecule has 1 aromatic carbocycles. The Hall–Kier alpha value is -1.95. The smallest absolute Gasteiger partial charge is 0.247 e. The van der Waals surface area contributed by atoms with Crippen LogP contribution in [0.25, 0.3) is 0 Å². The number of amides is 2. The average molecular weight is 451 g/mol. The van der Waals surface area contributed by atoms with Gasteiger partial charge in [0.25, 0.3) is 0 Å². The third kappa shape index (κ3) is 6.06. The monoisotopic (exact) mass is 450 g/mol. The molecule has 0 spiro atoms. The molecule has 1 N–H and O–H groups in total. The first kappa shape index (κ1) is 23.7. The average Bonchev–Trinajstić information content (AvgIpc) is 3.62. The first-order valence-corrected chi connectivity index (χ1v) is 12.0. The number of methoxy groups -OCH3 is 1. The van der Waals surface area contributed by atoms with Crippen molar-refractivity contribution in [2.24, 2.45) is 5.92 Å². The number of halogens is 1. The fourth-order valence-corrected chi connectivity index (χ4v) is 4.43. The maximum absolute atomic E-state index is 13.5. The number of carbonyl (C=O) groups is 2. The molecule has 3 rings (SSSR count). The van der Waals surface area contributed by atoms with Crippen LogP contribution in [-0.4, -0.2) is 48.4 Å². The lowest BCUT2D eigenvalue weighted by Crippen LogP contribution is -2.48. The molecule has 0 aromatic heterocycles. The van der Waals surface area contributed by atoms with Crippen LogP contribution >= 0.6 is 11.6 Å². The van der Waals surface area contributed by atoms with Crippen molar-refractivity contribution >= 4 is 23.4 Å². The molecule has 2 aliphatic carbocycles. The largest absolute Gasteiger partial charge is 0.493 e. The molecule has 1 atom stereocenters. The zero-order valence-corrected chi connectivity index (χ0v) is 19.6. The highest BCUT2D eigenvalue weighted by molar-refractivity contribution is 6.27. The number of carbonyl (C=O) groups excluding carboxylic acids is 2. The number of nitrogens with zero attached hydrogens (tertiary/aromatic N) is 1. The number of hydrogen-bond acceptors (Lipinski definition) is 4. The summed E-state index contributed by atoms with van der Waals surface area (Å²) in [5, 5.41) is 3.22. The minimum Gasteiger partial charge on any atom is -0.493 e. The van der Waals surface area contributed by atoms with Crippen molar-refractivity contribution in [1.82, 2.24) is 10.2 Å². The summed E-state index contributed by atoms with van der Waals surface area (Å²) in [6, 6.07) is 4.96. The summed E-state index contributed by atoms with van der Waals surface area (Å²) in [4.78, 5) is 28.0. The van der Waals surface area contributed by atoms with Crippen LogP contribution in [0.15, 0.2) is 18.2 Å². The molecule has 0 radical (unpaired) electrons. The second-order valence-electron chi connectivity index (χ2n) is 8.79. The Morgan fingerprint density at radius 3 is 2.45 bits per heavy atom. The zero-order chi connectivity index (χ0) is 22.4. The predicted octanol–water partition coefficient (Wildman–Crippen LogP) is 4.45. The lowest BCUT2D eigenvalue weighted by atomic mass is 9.87. The summed E-state index contributed by atoms with van der Waals surface area (Å²) in [6.45, 7) is 4.88. The lowest BCUT2D eigenvalue weighted by Gasteiger charge is -2.34. The molecule has 0 aliphatic heterocycles. The molecule has 1 unspecified atom stereocenters. The third-order valence-corrected chi connectivity index (χ3v) is 6.43. The van der Waals surface area contributed by atoms with Crippen molar-refractivity contribution in [3.8, 4) is 11.5 Å². The van der Waals surface area contributed by atoms with Crippen LogP contribution in [0, 0.1) is 5.92 Å². The summed E-state index contributed by atoms with van der Waals surface area (Å²) in [6.07, 6.45) is 6.83. The Kier molecular flexibility index (Phi) is 8.47. The third-order valence-electron chi connectivity index (χ3n) is 6.20. The molecule has 2 fully saturated rings. The molecule has 0 heterocycles. The van der Waals surface area contributed by atoms with Crippen molar-refractivity contribution < 1.29 is 19.1 Å². The van der Waals surface area contributed by atoms with Gasteiger partial charge in [0.05, 0.1) is 13.7 Å². The highest BCUT2D eigenvalue weighted by Crippen LogP contribution is 2.38. The maximum atomic E-state index is 13.5. The van der Waals surface area contributed by atoms with E-state index in [0.29, 0.717) is 29.6 Å². The standard InChI is InChI=1S/C24H35ClN2O4/c1-4-13-31-20-12-7-17(14-21(20)30-3)23(27(19-10-11-19)22(28)15-25)24(29)26-18-8-5-16(2)6-9-18/h7,12,14,16,18-19,23H,4-6,8-11,13,15H2,1-3H3,(H,26,29). The van der Waals surface area contributed by atoms with Crippen LogP contribution < -0.4 is 14.8 Å². The summed E-state index contributed by atoms with van der Waals surface area (Å²) in [7, 11) is 1.58. The molecule has 0 saturated heterocycles. The molecule has 31 heavy (non-hydrogen) atoms. The Labute approximate surface area is 190 Å². The van der Waals surface area contributed by atoms with Crippen LogP contribution in [0.4, 0.5) is 0 Å². The van der Waals surface area contributed by atoms with E-state index in [1.807, 2.05) is 25.1 Å². The molecular weight excluding hydrogens is 416 g/mol. The number of benzene rings is 1. The number of hydrogen-bond donors (Lipinski definition) is 1. The number of alkyl halides is 1. The van der Waals surface area contributed by atoms with Gasteiger partial charge in [-0.25, -0.2) is 0 Å². The highest BCUT2D eigenvalue weighted by Gasteiger charge is 2.41. The topological polar surface area (TPSA) is 67.9 Å². The van der Waals surface area contributed by atoms with Crippen LogP contribution in [0.5, 0.6) is 11.5 Å². The van der Waals surface area contributed by atoms with Gasteiger partial charge in [0, 0.05) is 12.1 Å². The quantitative estimate of drug-likeness (QED) is 0.535. The maximum Gasteiger partial charge on any atom is 0.247 e. The van der Waals surface area contributed by atoms with Gasteiger partial charge in [0.1, 0.15) is 11.9 Å². The van der Waals surface area contributed by atoms with Crippen molar-refractivity contribution in [3.63, 3.8) is 0 Å². The molecule has 6 nitrogen and oxygen atoms in total. The van der Waals surface area contributed by atoms with Crippen molar-refractivity contribution in [1.29, 1.82) is 0 Å². The second-order valence-corrected chi connectivity index (χ2v) is 9.06. The first-order valence-electron chi connectivity index (χ1n) is 11.5. The van der Waals surface area contributed by atoms with Gasteiger partial charge in [-0.1, -0.05) is 19.9 Å². The molecule has 1 aromatic rings. The van der Waals surface area contributed by atoms with Gasteiger partial charge in [0.15, 0.2) is 11.5 Å². The first-order chi connectivity index (χ1) is 15.0. The van der Waals surface area contributed by atoms with Gasteiger partial charge in [-0.2, -0.15) is 0 Å². The molecule has 0 bridgehead atoms. The summed E-state index contributed by atoms with van der Waals surface area (Å²) in [5.41, 5.74) is 0.716. The van der Waals surface area contributed by atoms with Gasteiger partial charge >= 0.3 is 0 Å². The van der Waals surface area contributed by atoms with Crippen LogP contribution in [0.1, 0.15) is 70.4 Å². The van der Waals surface area contributed by atoms with Crippen LogP contribution in [0.2, 0.25) is 0 Å². The molecule has 2 saturated carbocycles. The number of rotatable bonds is 10. The molecule has 7 heteroatoms. The van der Waals surface area contributed by atoms with E-state index in [2.05, 4.69) is 12.2 Å². The fraction of sp³-hybridized carbons (Fsp3) is 0.667. The van der Waals surface area contributed by atoms with E-state index >= 15 is 0 Å². The Bertz CT molecular complexity index is 760. The number of ether oxygens (including phenoxy) is 2. The van der Waals surface area contributed by atoms with Crippen molar-refractivity contribution in [3.05, 3.63) is 23.8 Å². The van der Waals surface area contributed by atoms with Crippen LogP contribution in [0.3, 0.4) is 0 Å². The molecule has 2 aliphatic rings. The second kappa shape index (κ2) is 11.1. The van der Waals surface area contributed by atoms with E-state index in [-0.39, 0.29) is 29.8 Å². The molecule has 172 valence electrons. The summed E-state index contributed by atoms with van der Waals surface area (Å²) >= 11 is 5.94. The van der Waals surface area contributed by atoms with Crippen molar-refractivity contribution in [2.75, 3.05) is 19.6 Å². The fourth-order valence-electron chi connectivity index (χ4n) is 4.29. The van der Waals surface area contributed by atoms with Crippen LogP contribution in [-0.2, 0) is 9.59 Å². The van der Waals surface area contributed by atoms with Gasteiger partial charge in [-0.15, -0.1) is 11.6 Å². The van der Waals surface area contributed by atoms with Gasteiger partial charge < -0.3 is 19.7 Å². The minimum atomic E-state index is -0.729. The van der Waals surface area contributed by atoms with E-state index in [0.717, 1.165) is 44.9 Å². The summed E-state index contributed by atoms with van der Waals surface area (Å²) < 4.78 is 11.3. The SMILES string of the molecule is CCCOc1ccc(C(C(=O)NC2CCC(C)CC2)N(C(=O)CCl)C2CC2)cc1OC. The highest BCUT2D eigenvalue weighted by atomic mass is 35.5. The zero-order valence-electron chi connectivity index (χ0n) is 18.9. The Morgan fingerprint density at radius 1 is 1.16 bits per heavy atom. The van der Waals surface area contributed by atoms with E-state index in [4.69, 9.17) is 21.1 Å². The number of nitrogens with one attached hydrogen (secondary N) is 1. The summed E-state index contributed by atoms with van der Waals surface area (Å²) in [5.74, 6) is 1.39.